The minimum Gasteiger partial charge on any atom is -0.625 e. The van der Waals surface area contributed by atoms with Crippen LogP contribution < -0.4 is 5.16 Å². The molecule has 1 aromatic carbocycles. The first-order valence-corrected chi connectivity index (χ1v) is 5.72. The second kappa shape index (κ2) is 4.96. The maximum Gasteiger partial charge on any atom is 0.195 e. The molecule has 1 saturated carbocycles. The third-order valence-electron chi connectivity index (χ3n) is 3.21. The summed E-state index contributed by atoms with van der Waals surface area (Å²) in [5, 5.41) is 13.2. The zero-order chi connectivity index (χ0) is 10.5. The lowest BCUT2D eigenvalue weighted by Crippen LogP contribution is -2.67. The molecule has 0 heterocycles. The molecule has 0 unspecified atom stereocenters. The predicted molar refractivity (Wildman–Crippen MR) is 61.5 cm³/mol. The largest absolute Gasteiger partial charge is 0.625 e. The summed E-state index contributed by atoms with van der Waals surface area (Å²) in [5.41, 5.74) is 1.94. The summed E-state index contributed by atoms with van der Waals surface area (Å²) in [4.78, 5) is 0. The van der Waals surface area contributed by atoms with Gasteiger partial charge in [0.2, 0.25) is 0 Å². The molecule has 0 radical (unpaired) electrons. The molecule has 80 valence electrons. The van der Waals surface area contributed by atoms with Gasteiger partial charge in [-0.25, -0.2) is 5.16 Å². The lowest BCUT2D eigenvalue weighted by molar-refractivity contribution is -0.376. The third-order valence-corrected chi connectivity index (χ3v) is 3.21. The predicted octanol–water partition coefficient (Wildman–Crippen LogP) is 1.63. The van der Waals surface area contributed by atoms with Gasteiger partial charge in [-0.15, -0.1) is 0 Å². The van der Waals surface area contributed by atoms with Crippen molar-refractivity contribution in [2.24, 2.45) is 5.92 Å². The van der Waals surface area contributed by atoms with Crippen LogP contribution in [0.25, 0.3) is 0 Å². The molecule has 0 atom stereocenters. The van der Waals surface area contributed by atoms with E-state index in [1.54, 1.807) is 0 Å². The van der Waals surface area contributed by atoms with Crippen molar-refractivity contribution < 1.29 is 5.16 Å². The highest BCUT2D eigenvalue weighted by Gasteiger charge is 2.23. The highest BCUT2D eigenvalue weighted by molar-refractivity contribution is 5.97. The summed E-state index contributed by atoms with van der Waals surface area (Å²) in [5.74, 6) is 0.443. The smallest absolute Gasteiger partial charge is 0.195 e. The molecule has 1 fully saturated rings. The summed E-state index contributed by atoms with van der Waals surface area (Å²) >= 11 is 0. The average Bonchev–Trinajstić information content (AvgIpc) is 2.33. The summed E-state index contributed by atoms with van der Waals surface area (Å²) in [7, 11) is 0. The zero-order valence-electron chi connectivity index (χ0n) is 8.91. The second-order valence-electron chi connectivity index (χ2n) is 4.22. The molecule has 1 aliphatic rings. The van der Waals surface area contributed by atoms with Crippen LogP contribution in [0, 0.1) is 11.1 Å². The van der Waals surface area contributed by atoms with Crippen LogP contribution in [-0.2, 0) is 0 Å². The normalized spacial score (nSPS) is 19.1. The van der Waals surface area contributed by atoms with E-state index in [0.717, 1.165) is 24.1 Å². The minimum absolute atomic E-state index is 0.443. The molecule has 2 rings (SSSR count). The second-order valence-corrected chi connectivity index (χ2v) is 4.22. The maximum atomic E-state index is 11.0. The lowest BCUT2D eigenvalue weighted by atomic mass is 9.83. The zero-order valence-corrected chi connectivity index (χ0v) is 8.91. The van der Waals surface area contributed by atoms with E-state index in [1.807, 2.05) is 30.3 Å². The monoisotopic (exact) mass is 203 g/mol. The van der Waals surface area contributed by atoms with Crippen molar-refractivity contribution in [3.8, 4) is 0 Å². The summed E-state index contributed by atoms with van der Waals surface area (Å²) in [6.45, 7) is 0. The Morgan fingerprint density at radius 1 is 1.07 bits per heavy atom. The van der Waals surface area contributed by atoms with E-state index in [-0.39, 0.29) is 0 Å². The van der Waals surface area contributed by atoms with Crippen LogP contribution in [0.4, 0.5) is 0 Å². The van der Waals surface area contributed by atoms with Crippen molar-refractivity contribution in [3.63, 3.8) is 0 Å². The molecule has 0 aromatic heterocycles. The van der Waals surface area contributed by atoms with Crippen LogP contribution in [0.3, 0.4) is 0 Å². The van der Waals surface area contributed by atoms with Crippen molar-refractivity contribution in [3.05, 3.63) is 41.1 Å². The van der Waals surface area contributed by atoms with Gasteiger partial charge < -0.3 is 5.21 Å². The van der Waals surface area contributed by atoms with Gasteiger partial charge in [0.1, 0.15) is 0 Å². The minimum atomic E-state index is 0.443. The van der Waals surface area contributed by atoms with Crippen molar-refractivity contribution in [1.29, 1.82) is 0 Å². The first-order chi connectivity index (χ1) is 7.42. The van der Waals surface area contributed by atoms with Crippen LogP contribution in [0.5, 0.6) is 0 Å². The molecule has 0 aliphatic heterocycles. The molecule has 2 heteroatoms. The lowest BCUT2D eigenvalue weighted by Gasteiger charge is -2.20. The van der Waals surface area contributed by atoms with Crippen LogP contribution in [-0.4, -0.2) is 5.71 Å². The molecular weight excluding hydrogens is 186 g/mol. The average molecular weight is 203 g/mol. The van der Waals surface area contributed by atoms with Crippen molar-refractivity contribution in [1.82, 2.24) is 0 Å². The van der Waals surface area contributed by atoms with Gasteiger partial charge in [0.25, 0.3) is 0 Å². The fourth-order valence-electron chi connectivity index (χ4n) is 2.39. The molecule has 15 heavy (non-hydrogen) atoms. The molecule has 0 saturated heterocycles. The highest BCUT2D eigenvalue weighted by atomic mass is 16.4. The van der Waals surface area contributed by atoms with Crippen LogP contribution in [0.1, 0.15) is 37.7 Å². The number of rotatable bonds is 2. The Kier molecular flexibility index (Phi) is 3.38. The molecule has 1 aliphatic carbocycles. The Bertz CT molecular complexity index is 326. The molecule has 2 nitrogen and oxygen atoms in total. The van der Waals surface area contributed by atoms with Gasteiger partial charge in [0.15, 0.2) is 5.71 Å². The van der Waals surface area contributed by atoms with Crippen LogP contribution in [0.15, 0.2) is 30.3 Å². The molecule has 1 aromatic rings. The van der Waals surface area contributed by atoms with Crippen LogP contribution in [0.2, 0.25) is 0 Å². The fourth-order valence-corrected chi connectivity index (χ4v) is 2.39. The summed E-state index contributed by atoms with van der Waals surface area (Å²) in [6, 6.07) is 9.96. The molecule has 0 spiro atoms. The van der Waals surface area contributed by atoms with Gasteiger partial charge in [0, 0.05) is 11.5 Å². The fraction of sp³-hybridized carbons (Fsp3) is 0.462. The SMILES string of the molecule is [O-][NH+]=C(c1ccccc1)C1CCCCC1. The van der Waals surface area contributed by atoms with Gasteiger partial charge in [-0.1, -0.05) is 37.5 Å². The van der Waals surface area contributed by atoms with Gasteiger partial charge in [-0.3, -0.25) is 0 Å². The van der Waals surface area contributed by atoms with E-state index in [4.69, 9.17) is 0 Å². The van der Waals surface area contributed by atoms with Gasteiger partial charge in [-0.2, -0.15) is 0 Å². The van der Waals surface area contributed by atoms with E-state index in [9.17, 15) is 5.21 Å². The van der Waals surface area contributed by atoms with Crippen molar-refractivity contribution in [2.75, 3.05) is 0 Å². The van der Waals surface area contributed by atoms with E-state index in [1.165, 1.54) is 19.3 Å². The number of nitrogens with one attached hydrogen (secondary N) is 1. The number of hydrogen-bond acceptors (Lipinski definition) is 1. The quantitative estimate of drug-likeness (QED) is 0.443. The van der Waals surface area contributed by atoms with Gasteiger partial charge >= 0.3 is 0 Å². The van der Waals surface area contributed by atoms with Gasteiger partial charge in [0.05, 0.1) is 0 Å². The van der Waals surface area contributed by atoms with Crippen LogP contribution >= 0.6 is 0 Å². The molecular formula is C13H17NO. The highest BCUT2D eigenvalue weighted by Crippen LogP contribution is 2.25. The summed E-state index contributed by atoms with van der Waals surface area (Å²) < 4.78 is 0. The van der Waals surface area contributed by atoms with Crippen molar-refractivity contribution >= 4 is 5.71 Å². The van der Waals surface area contributed by atoms with Crippen molar-refractivity contribution in [2.45, 2.75) is 32.1 Å². The third kappa shape index (κ3) is 2.38. The topological polar surface area (TPSA) is 37.0 Å². The Labute approximate surface area is 90.6 Å². The van der Waals surface area contributed by atoms with E-state index < -0.39 is 0 Å². The van der Waals surface area contributed by atoms with E-state index >= 15 is 0 Å². The van der Waals surface area contributed by atoms with Gasteiger partial charge in [-0.05, 0) is 25.0 Å². The molecule has 0 bridgehead atoms. The molecule has 1 N–H and O–H groups in total. The first kappa shape index (κ1) is 10.2. The standard InChI is InChI=1S/C13H17NO/c15-14-13(11-7-3-1-4-8-11)12-9-5-2-6-10-12/h1,3-4,7-8,12,14H,2,5-6,9-10H2. The Hall–Kier alpha value is -1.31. The number of benzene rings is 1. The Morgan fingerprint density at radius 2 is 1.73 bits per heavy atom. The Morgan fingerprint density at radius 3 is 2.33 bits per heavy atom. The van der Waals surface area contributed by atoms with E-state index in [2.05, 4.69) is 5.16 Å². The number of hydrogen-bond donors (Lipinski definition) is 1. The first-order valence-electron chi connectivity index (χ1n) is 5.72. The Balaban J connectivity index is 2.17. The maximum absolute atomic E-state index is 11.0. The summed E-state index contributed by atoms with van der Waals surface area (Å²) in [6.07, 6.45) is 6.13. The van der Waals surface area contributed by atoms with E-state index in [0.29, 0.717) is 5.92 Å². The molecule has 0 amide bonds.